The van der Waals surface area contributed by atoms with Crippen molar-refractivity contribution in [3.05, 3.63) is 45.8 Å². The maximum absolute atomic E-state index is 12.3. The third-order valence-electron chi connectivity index (χ3n) is 2.57. The number of terminal acetylenes is 1. The molecule has 0 aliphatic rings. The summed E-state index contributed by atoms with van der Waals surface area (Å²) in [5, 5.41) is 2.93. The fourth-order valence-corrected chi connectivity index (χ4v) is 1.96. The van der Waals surface area contributed by atoms with E-state index in [-0.39, 0.29) is 16.7 Å². The van der Waals surface area contributed by atoms with Gasteiger partial charge in [0, 0.05) is 11.8 Å². The second-order valence-corrected chi connectivity index (χ2v) is 4.57. The van der Waals surface area contributed by atoms with E-state index in [1.165, 1.54) is 13.3 Å². The molecule has 0 aliphatic carbocycles. The molecule has 0 bridgehead atoms. The van der Waals surface area contributed by atoms with Gasteiger partial charge in [0.1, 0.15) is 5.56 Å². The minimum absolute atomic E-state index is 0.0227. The highest BCUT2D eigenvalue weighted by Crippen LogP contribution is 2.27. The first kappa shape index (κ1) is 15.1. The second kappa shape index (κ2) is 6.44. The molecular weight excluding hydrogens is 313 g/mol. The number of methoxy groups -OCH3 is 1. The Balaban J connectivity index is 2.38. The van der Waals surface area contributed by atoms with Crippen LogP contribution in [0.3, 0.4) is 0 Å². The molecule has 0 atom stereocenters. The van der Waals surface area contributed by atoms with E-state index in [1.54, 1.807) is 18.2 Å². The number of ether oxygens (including phenoxy) is 1. The summed E-state index contributed by atoms with van der Waals surface area (Å²) in [5.41, 5.74) is 0.915. The number of aromatic nitrogens is 2. The Labute approximate surface area is 131 Å². The van der Waals surface area contributed by atoms with Crippen molar-refractivity contribution in [2.75, 3.05) is 12.4 Å². The van der Waals surface area contributed by atoms with Gasteiger partial charge in [-0.15, -0.1) is 6.42 Å². The molecule has 0 unspecified atom stereocenters. The number of halogens is 2. The van der Waals surface area contributed by atoms with Crippen LogP contribution >= 0.6 is 23.2 Å². The molecule has 106 valence electrons. The maximum Gasteiger partial charge on any atom is 0.262 e. The zero-order valence-corrected chi connectivity index (χ0v) is 12.4. The second-order valence-electron chi connectivity index (χ2n) is 3.82. The van der Waals surface area contributed by atoms with Gasteiger partial charge in [0.2, 0.25) is 11.2 Å². The average Bonchev–Trinajstić information content (AvgIpc) is 2.48. The van der Waals surface area contributed by atoms with E-state index in [2.05, 4.69) is 21.2 Å². The van der Waals surface area contributed by atoms with Gasteiger partial charge in [0.25, 0.3) is 5.91 Å². The predicted octanol–water partition coefficient (Wildman–Crippen LogP) is 3.03. The Morgan fingerprint density at radius 3 is 2.86 bits per heavy atom. The zero-order valence-electron chi connectivity index (χ0n) is 10.9. The standard InChI is InChI=1S/C14H9Cl2N3O2/c1-3-8-5-4-6-10(15)11(8)18-12(20)9-7-17-14(16)19-13(9)21-2/h1,4-7H,2H3,(H,18,20). The Hall–Kier alpha value is -2.29. The highest BCUT2D eigenvalue weighted by Gasteiger charge is 2.17. The summed E-state index contributed by atoms with van der Waals surface area (Å²) in [7, 11) is 1.37. The normalized spacial score (nSPS) is 9.81. The van der Waals surface area contributed by atoms with Crippen molar-refractivity contribution in [1.82, 2.24) is 9.97 Å². The molecule has 7 heteroatoms. The molecule has 0 fully saturated rings. The molecule has 0 spiro atoms. The summed E-state index contributed by atoms with van der Waals surface area (Å²) in [4.78, 5) is 19.9. The van der Waals surface area contributed by atoms with E-state index in [4.69, 9.17) is 34.4 Å². The number of hydrogen-bond donors (Lipinski definition) is 1. The lowest BCUT2D eigenvalue weighted by atomic mass is 10.1. The molecular formula is C14H9Cl2N3O2. The van der Waals surface area contributed by atoms with E-state index in [9.17, 15) is 4.79 Å². The van der Waals surface area contributed by atoms with Gasteiger partial charge in [-0.3, -0.25) is 4.79 Å². The van der Waals surface area contributed by atoms with E-state index in [0.717, 1.165) is 0 Å². The number of carbonyl (C=O) groups excluding carboxylic acids is 1. The molecule has 5 nitrogen and oxygen atoms in total. The summed E-state index contributed by atoms with van der Waals surface area (Å²) in [6.07, 6.45) is 6.64. The highest BCUT2D eigenvalue weighted by atomic mass is 35.5. The minimum atomic E-state index is -0.506. The van der Waals surface area contributed by atoms with Crippen LogP contribution in [0.2, 0.25) is 10.3 Å². The smallest absolute Gasteiger partial charge is 0.262 e. The van der Waals surface area contributed by atoms with Crippen molar-refractivity contribution in [3.63, 3.8) is 0 Å². The number of rotatable bonds is 3. The van der Waals surface area contributed by atoms with Crippen molar-refractivity contribution in [2.24, 2.45) is 0 Å². The SMILES string of the molecule is C#Cc1cccc(Cl)c1NC(=O)c1cnc(Cl)nc1OC. The van der Waals surface area contributed by atoms with E-state index in [1.807, 2.05) is 0 Å². The van der Waals surface area contributed by atoms with Gasteiger partial charge in [0.05, 0.1) is 17.8 Å². The number of nitrogens with zero attached hydrogens (tertiary/aromatic N) is 2. The number of hydrogen-bond acceptors (Lipinski definition) is 4. The van der Waals surface area contributed by atoms with Gasteiger partial charge < -0.3 is 10.1 Å². The Bertz CT molecular complexity index is 741. The van der Waals surface area contributed by atoms with Crippen LogP contribution in [0, 0.1) is 12.3 Å². The van der Waals surface area contributed by atoms with Crippen LogP contribution in [0.4, 0.5) is 5.69 Å². The predicted molar refractivity (Wildman–Crippen MR) is 80.9 cm³/mol. The van der Waals surface area contributed by atoms with Crippen molar-refractivity contribution in [2.45, 2.75) is 0 Å². The summed E-state index contributed by atoms with van der Waals surface area (Å²) in [5.74, 6) is 2.00. The first-order valence-corrected chi connectivity index (χ1v) is 6.45. The van der Waals surface area contributed by atoms with Crippen molar-refractivity contribution < 1.29 is 9.53 Å². The molecule has 21 heavy (non-hydrogen) atoms. The minimum Gasteiger partial charge on any atom is -0.480 e. The molecule has 1 heterocycles. The first-order valence-electron chi connectivity index (χ1n) is 5.69. The molecule has 0 saturated heterocycles. The summed E-state index contributed by atoms with van der Waals surface area (Å²) >= 11 is 11.7. The van der Waals surface area contributed by atoms with Crippen molar-refractivity contribution in [1.29, 1.82) is 0 Å². The largest absolute Gasteiger partial charge is 0.480 e. The maximum atomic E-state index is 12.3. The zero-order chi connectivity index (χ0) is 15.4. The lowest BCUT2D eigenvalue weighted by Gasteiger charge is -2.11. The van der Waals surface area contributed by atoms with Crippen LogP contribution in [0.5, 0.6) is 5.88 Å². The van der Waals surface area contributed by atoms with Gasteiger partial charge in [-0.05, 0) is 23.7 Å². The third kappa shape index (κ3) is 3.24. The Morgan fingerprint density at radius 2 is 2.19 bits per heavy atom. The third-order valence-corrected chi connectivity index (χ3v) is 3.07. The topological polar surface area (TPSA) is 64.1 Å². The summed E-state index contributed by atoms with van der Waals surface area (Å²) in [6, 6.07) is 4.98. The van der Waals surface area contributed by atoms with Gasteiger partial charge >= 0.3 is 0 Å². The fraction of sp³-hybridized carbons (Fsp3) is 0.0714. The van der Waals surface area contributed by atoms with Crippen LogP contribution in [0.25, 0.3) is 0 Å². The molecule has 0 saturated carbocycles. The van der Waals surface area contributed by atoms with Gasteiger partial charge in [-0.25, -0.2) is 4.98 Å². The number of carbonyl (C=O) groups is 1. The average molecular weight is 322 g/mol. The number of nitrogens with one attached hydrogen (secondary N) is 1. The van der Waals surface area contributed by atoms with Gasteiger partial charge in [-0.1, -0.05) is 23.6 Å². The quantitative estimate of drug-likeness (QED) is 0.697. The van der Waals surface area contributed by atoms with Crippen LogP contribution in [-0.4, -0.2) is 23.0 Å². The highest BCUT2D eigenvalue weighted by molar-refractivity contribution is 6.34. The van der Waals surface area contributed by atoms with Crippen molar-refractivity contribution >= 4 is 34.8 Å². The van der Waals surface area contributed by atoms with E-state index in [0.29, 0.717) is 16.3 Å². The van der Waals surface area contributed by atoms with Gasteiger partial charge in [-0.2, -0.15) is 4.98 Å². The van der Waals surface area contributed by atoms with Crippen LogP contribution < -0.4 is 10.1 Å². The van der Waals surface area contributed by atoms with Crippen LogP contribution in [0.15, 0.2) is 24.4 Å². The Morgan fingerprint density at radius 1 is 1.43 bits per heavy atom. The fourth-order valence-electron chi connectivity index (χ4n) is 1.61. The number of anilines is 1. The lowest BCUT2D eigenvalue weighted by molar-refractivity contribution is 0.102. The first-order chi connectivity index (χ1) is 10.1. The van der Waals surface area contributed by atoms with E-state index < -0.39 is 5.91 Å². The van der Waals surface area contributed by atoms with E-state index >= 15 is 0 Å². The molecule has 2 rings (SSSR count). The molecule has 2 aromatic rings. The number of benzene rings is 1. The van der Waals surface area contributed by atoms with Gasteiger partial charge in [0.15, 0.2) is 0 Å². The summed E-state index contributed by atoms with van der Waals surface area (Å²) < 4.78 is 5.00. The van der Waals surface area contributed by atoms with Crippen LogP contribution in [-0.2, 0) is 0 Å². The molecule has 0 radical (unpaired) electrons. The summed E-state index contributed by atoms with van der Waals surface area (Å²) in [6.45, 7) is 0. The number of para-hydroxylation sites is 1. The van der Waals surface area contributed by atoms with Crippen LogP contribution in [0.1, 0.15) is 15.9 Å². The monoisotopic (exact) mass is 321 g/mol. The molecule has 1 amide bonds. The molecule has 1 aromatic heterocycles. The molecule has 1 N–H and O–H groups in total. The molecule has 1 aromatic carbocycles. The van der Waals surface area contributed by atoms with Crippen molar-refractivity contribution in [3.8, 4) is 18.2 Å². The molecule has 0 aliphatic heterocycles. The lowest BCUT2D eigenvalue weighted by Crippen LogP contribution is -2.15. The number of amides is 1. The Kier molecular flexibility index (Phi) is 4.63.